The van der Waals surface area contributed by atoms with Crippen molar-refractivity contribution in [3.8, 4) is 0 Å². The lowest BCUT2D eigenvalue weighted by Gasteiger charge is -2.14. The van der Waals surface area contributed by atoms with E-state index in [0.717, 1.165) is 14.7 Å². The van der Waals surface area contributed by atoms with E-state index in [4.69, 9.17) is 0 Å². The molecule has 0 amide bonds. The summed E-state index contributed by atoms with van der Waals surface area (Å²) in [5.41, 5.74) is -1.32. The highest BCUT2D eigenvalue weighted by Crippen LogP contribution is 2.33. The first-order valence-corrected chi connectivity index (χ1v) is 7.17. The lowest BCUT2D eigenvalue weighted by molar-refractivity contribution is -0.137. The molecule has 0 saturated carbocycles. The van der Waals surface area contributed by atoms with Crippen LogP contribution in [0, 0.1) is 5.82 Å². The Bertz CT molecular complexity index is 609. The van der Waals surface area contributed by atoms with Crippen LogP contribution in [0.25, 0.3) is 0 Å². The lowest BCUT2D eigenvalue weighted by Crippen LogP contribution is -2.09. The molecule has 1 heterocycles. The highest BCUT2D eigenvalue weighted by atomic mass is 79.9. The fourth-order valence-corrected chi connectivity index (χ4v) is 3.26. The van der Waals surface area contributed by atoms with Crippen molar-refractivity contribution >= 4 is 27.3 Å². The summed E-state index contributed by atoms with van der Waals surface area (Å²) in [6, 6.07) is 5.53. The first-order chi connectivity index (χ1) is 9.27. The third kappa shape index (κ3) is 3.59. The van der Waals surface area contributed by atoms with E-state index in [1.807, 2.05) is 0 Å². The van der Waals surface area contributed by atoms with Gasteiger partial charge in [-0.2, -0.15) is 13.2 Å². The fraction of sp³-hybridized carbons (Fsp3) is 0.231. The second-order valence-corrected chi connectivity index (χ2v) is 6.71. The molecule has 0 aliphatic heterocycles. The predicted octanol–water partition coefficient (Wildman–Crippen LogP) is 4.94. The van der Waals surface area contributed by atoms with Crippen LogP contribution in [0.1, 0.15) is 22.1 Å². The van der Waals surface area contributed by atoms with E-state index in [9.17, 15) is 22.7 Å². The Morgan fingerprint density at radius 1 is 1.20 bits per heavy atom. The summed E-state index contributed by atoms with van der Waals surface area (Å²) in [5.74, 6) is -0.846. The van der Waals surface area contributed by atoms with Crippen LogP contribution in [0.4, 0.5) is 17.6 Å². The average Bonchev–Trinajstić information content (AvgIpc) is 2.73. The molecule has 0 spiro atoms. The van der Waals surface area contributed by atoms with E-state index in [1.54, 1.807) is 12.1 Å². The Morgan fingerprint density at radius 2 is 1.90 bits per heavy atom. The van der Waals surface area contributed by atoms with Gasteiger partial charge in [0.1, 0.15) is 5.82 Å². The van der Waals surface area contributed by atoms with Crippen LogP contribution in [0.15, 0.2) is 34.1 Å². The molecule has 1 aromatic carbocycles. The van der Waals surface area contributed by atoms with E-state index in [0.29, 0.717) is 12.1 Å². The molecule has 7 heteroatoms. The summed E-state index contributed by atoms with van der Waals surface area (Å²) < 4.78 is 52.2. The van der Waals surface area contributed by atoms with Gasteiger partial charge in [0.05, 0.1) is 15.5 Å². The molecule has 108 valence electrons. The monoisotopic (exact) mass is 368 g/mol. The van der Waals surface area contributed by atoms with Gasteiger partial charge in [-0.1, -0.05) is 0 Å². The number of rotatable bonds is 3. The molecule has 20 heavy (non-hydrogen) atoms. The molecule has 2 aromatic rings. The second kappa shape index (κ2) is 5.83. The summed E-state index contributed by atoms with van der Waals surface area (Å²) in [7, 11) is 0. The van der Waals surface area contributed by atoms with Crippen LogP contribution in [0.2, 0.25) is 0 Å². The molecule has 1 atom stereocenters. The van der Waals surface area contributed by atoms with Gasteiger partial charge in [-0.15, -0.1) is 11.3 Å². The molecule has 0 fully saturated rings. The van der Waals surface area contributed by atoms with Crippen LogP contribution in [0.3, 0.4) is 0 Å². The normalized spacial score (nSPS) is 13.5. The maximum absolute atomic E-state index is 13.6. The summed E-state index contributed by atoms with van der Waals surface area (Å²) in [4.78, 5) is 0.751. The fourth-order valence-electron chi connectivity index (χ4n) is 1.74. The third-order valence-electron chi connectivity index (χ3n) is 2.71. The summed E-state index contributed by atoms with van der Waals surface area (Å²) in [6.45, 7) is 0. The van der Waals surface area contributed by atoms with Crippen molar-refractivity contribution in [2.24, 2.45) is 0 Å². The van der Waals surface area contributed by atoms with Gasteiger partial charge < -0.3 is 5.11 Å². The van der Waals surface area contributed by atoms with Gasteiger partial charge in [-0.3, -0.25) is 0 Å². The number of thiophene rings is 1. The number of alkyl halides is 3. The SMILES string of the molecule is OC(Cc1ccc(Br)s1)c1cc(C(F)(F)F)ccc1F. The summed E-state index contributed by atoms with van der Waals surface area (Å²) >= 11 is 4.58. The van der Waals surface area contributed by atoms with Gasteiger partial charge in [0.15, 0.2) is 0 Å². The van der Waals surface area contributed by atoms with Crippen LogP contribution in [0.5, 0.6) is 0 Å². The molecule has 0 bridgehead atoms. The number of hydrogen-bond donors (Lipinski definition) is 1. The van der Waals surface area contributed by atoms with Crippen molar-refractivity contribution in [2.45, 2.75) is 18.7 Å². The first-order valence-electron chi connectivity index (χ1n) is 5.56. The first kappa shape index (κ1) is 15.5. The molecular formula is C13H9BrF4OS. The highest BCUT2D eigenvalue weighted by Gasteiger charge is 2.31. The zero-order valence-corrected chi connectivity index (χ0v) is 12.3. The summed E-state index contributed by atoms with van der Waals surface area (Å²) in [5, 5.41) is 9.94. The summed E-state index contributed by atoms with van der Waals surface area (Å²) in [6.07, 6.45) is -5.81. The van der Waals surface area contributed by atoms with Crippen molar-refractivity contribution in [1.82, 2.24) is 0 Å². The minimum absolute atomic E-state index is 0.0640. The molecule has 1 aromatic heterocycles. The van der Waals surface area contributed by atoms with Crippen molar-refractivity contribution in [3.05, 3.63) is 55.9 Å². The van der Waals surface area contributed by atoms with Crippen molar-refractivity contribution < 1.29 is 22.7 Å². The van der Waals surface area contributed by atoms with Crippen LogP contribution < -0.4 is 0 Å². The van der Waals surface area contributed by atoms with E-state index in [-0.39, 0.29) is 12.0 Å². The number of hydrogen-bond acceptors (Lipinski definition) is 2. The second-order valence-electron chi connectivity index (χ2n) is 4.16. The van der Waals surface area contributed by atoms with E-state index < -0.39 is 23.7 Å². The average molecular weight is 369 g/mol. The Labute approximate surface area is 125 Å². The lowest BCUT2D eigenvalue weighted by atomic mass is 10.0. The van der Waals surface area contributed by atoms with E-state index >= 15 is 0 Å². The largest absolute Gasteiger partial charge is 0.416 e. The van der Waals surface area contributed by atoms with Gasteiger partial charge >= 0.3 is 6.18 Å². The standard InChI is InChI=1S/C13H9BrF4OS/c14-12-4-2-8(20-12)6-11(19)9-5-7(13(16,17)18)1-3-10(9)15/h1-5,11,19H,6H2. The number of halogens is 5. The van der Waals surface area contributed by atoms with E-state index in [2.05, 4.69) is 15.9 Å². The quantitative estimate of drug-likeness (QED) is 0.760. The van der Waals surface area contributed by atoms with Crippen molar-refractivity contribution in [2.75, 3.05) is 0 Å². The number of aliphatic hydroxyl groups excluding tert-OH is 1. The van der Waals surface area contributed by atoms with Gasteiger partial charge in [0.25, 0.3) is 0 Å². The highest BCUT2D eigenvalue weighted by molar-refractivity contribution is 9.11. The van der Waals surface area contributed by atoms with Crippen LogP contribution in [-0.4, -0.2) is 5.11 Å². The molecule has 1 unspecified atom stereocenters. The maximum Gasteiger partial charge on any atom is 0.416 e. The topological polar surface area (TPSA) is 20.2 Å². The molecule has 1 nitrogen and oxygen atoms in total. The molecule has 0 aliphatic carbocycles. The smallest absolute Gasteiger partial charge is 0.388 e. The molecule has 2 rings (SSSR count). The van der Waals surface area contributed by atoms with Crippen molar-refractivity contribution in [3.63, 3.8) is 0 Å². The van der Waals surface area contributed by atoms with Gasteiger partial charge in [0, 0.05) is 16.9 Å². The van der Waals surface area contributed by atoms with E-state index in [1.165, 1.54) is 11.3 Å². The molecule has 0 aliphatic rings. The van der Waals surface area contributed by atoms with Crippen molar-refractivity contribution in [1.29, 1.82) is 0 Å². The Balaban J connectivity index is 2.27. The van der Waals surface area contributed by atoms with Crippen LogP contribution >= 0.6 is 27.3 Å². The minimum atomic E-state index is -4.56. The molecule has 0 saturated heterocycles. The molecule has 1 N–H and O–H groups in total. The third-order valence-corrected chi connectivity index (χ3v) is 4.35. The Hall–Kier alpha value is -0.920. The number of benzene rings is 1. The molecule has 0 radical (unpaired) electrons. The maximum atomic E-state index is 13.6. The van der Waals surface area contributed by atoms with Crippen LogP contribution in [-0.2, 0) is 12.6 Å². The zero-order valence-electron chi connectivity index (χ0n) is 9.92. The van der Waals surface area contributed by atoms with Gasteiger partial charge in [-0.25, -0.2) is 4.39 Å². The Kier molecular flexibility index (Phi) is 4.51. The zero-order chi connectivity index (χ0) is 14.9. The number of aliphatic hydroxyl groups is 1. The predicted molar refractivity (Wildman–Crippen MR) is 72.1 cm³/mol. The minimum Gasteiger partial charge on any atom is -0.388 e. The van der Waals surface area contributed by atoms with Gasteiger partial charge in [-0.05, 0) is 46.3 Å². The Morgan fingerprint density at radius 3 is 2.45 bits per heavy atom. The van der Waals surface area contributed by atoms with Gasteiger partial charge in [0.2, 0.25) is 0 Å². The molecular weight excluding hydrogens is 360 g/mol.